The zero-order chi connectivity index (χ0) is 20.1. The van der Waals surface area contributed by atoms with Crippen molar-refractivity contribution in [1.82, 2.24) is 0 Å². The second-order valence-electron chi connectivity index (χ2n) is 12.6. The molecule has 0 heterocycles. The predicted octanol–water partition coefficient (Wildman–Crippen LogP) is 8.52. The van der Waals surface area contributed by atoms with Crippen LogP contribution in [0.5, 0.6) is 0 Å². The SMILES string of the molecule is CC(C)C(C)CC[C@@H](C)[C@H]1CC[C@H]2[C@@H]3CCC4CC=CC[C@]4(C)[C@H]3CC[C@]12C. The summed E-state index contributed by atoms with van der Waals surface area (Å²) in [6.07, 6.45) is 19.9. The summed E-state index contributed by atoms with van der Waals surface area (Å²) in [7, 11) is 0. The number of rotatable bonds is 5. The Kier molecular flexibility index (Phi) is 5.83. The van der Waals surface area contributed by atoms with Crippen molar-refractivity contribution in [3.05, 3.63) is 12.2 Å². The van der Waals surface area contributed by atoms with Crippen molar-refractivity contribution in [2.24, 2.45) is 58.2 Å². The standard InChI is InChI=1S/C28H48/c1-19(2)20(3)10-11-21(4)24-14-15-25-23-13-12-22-9-7-8-17-27(22,5)26(23)16-18-28(24,25)6/h7-8,19-26H,9-18H2,1-6H3/t20?,21-,22?,23+,24-,25+,26+,27+,28-/m1/s1. The van der Waals surface area contributed by atoms with Crippen LogP contribution in [0.4, 0.5) is 0 Å². The second-order valence-corrected chi connectivity index (χ2v) is 12.6. The fourth-order valence-electron chi connectivity index (χ4n) is 8.87. The third kappa shape index (κ3) is 3.33. The molecule has 0 saturated heterocycles. The first-order chi connectivity index (χ1) is 13.3. The first-order valence-electron chi connectivity index (χ1n) is 12.9. The van der Waals surface area contributed by atoms with E-state index in [0.29, 0.717) is 10.8 Å². The summed E-state index contributed by atoms with van der Waals surface area (Å²) in [6, 6.07) is 0. The molecule has 9 atom stereocenters. The van der Waals surface area contributed by atoms with Crippen LogP contribution in [0, 0.1) is 58.2 Å². The van der Waals surface area contributed by atoms with Gasteiger partial charge in [0.05, 0.1) is 0 Å². The molecule has 0 aromatic heterocycles. The van der Waals surface area contributed by atoms with Gasteiger partial charge in [0.25, 0.3) is 0 Å². The third-order valence-electron chi connectivity index (χ3n) is 11.2. The molecule has 0 heteroatoms. The Morgan fingerprint density at radius 2 is 1.57 bits per heavy atom. The van der Waals surface area contributed by atoms with E-state index in [1.165, 1.54) is 51.4 Å². The van der Waals surface area contributed by atoms with E-state index in [2.05, 4.69) is 53.7 Å². The van der Waals surface area contributed by atoms with Crippen LogP contribution in [-0.2, 0) is 0 Å². The molecule has 0 N–H and O–H groups in total. The lowest BCUT2D eigenvalue weighted by Crippen LogP contribution is -2.52. The van der Waals surface area contributed by atoms with Crippen LogP contribution < -0.4 is 0 Å². The number of allylic oxidation sites excluding steroid dienone is 2. The molecular formula is C28H48. The minimum absolute atomic E-state index is 0.620. The van der Waals surface area contributed by atoms with E-state index in [0.717, 1.165) is 47.3 Å². The highest BCUT2D eigenvalue weighted by Crippen LogP contribution is 2.68. The van der Waals surface area contributed by atoms with Crippen molar-refractivity contribution < 1.29 is 0 Å². The molecule has 0 radical (unpaired) electrons. The highest BCUT2D eigenvalue weighted by atomic mass is 14.6. The molecule has 4 aliphatic rings. The van der Waals surface area contributed by atoms with E-state index in [4.69, 9.17) is 0 Å². The lowest BCUT2D eigenvalue weighted by molar-refractivity contribution is -0.101. The summed E-state index contributed by atoms with van der Waals surface area (Å²) >= 11 is 0. The molecule has 4 rings (SSSR count). The highest BCUT2D eigenvalue weighted by Gasteiger charge is 2.59. The van der Waals surface area contributed by atoms with Crippen molar-refractivity contribution >= 4 is 0 Å². The fraction of sp³-hybridized carbons (Fsp3) is 0.929. The fourth-order valence-corrected chi connectivity index (χ4v) is 8.87. The average molecular weight is 385 g/mol. The van der Waals surface area contributed by atoms with E-state index in [-0.39, 0.29) is 0 Å². The van der Waals surface area contributed by atoms with Gasteiger partial charge in [-0.3, -0.25) is 0 Å². The summed E-state index contributed by atoms with van der Waals surface area (Å²) in [5.41, 5.74) is 1.27. The van der Waals surface area contributed by atoms with Gasteiger partial charge >= 0.3 is 0 Å². The molecule has 3 saturated carbocycles. The molecule has 4 aliphatic carbocycles. The van der Waals surface area contributed by atoms with E-state index < -0.39 is 0 Å². The maximum absolute atomic E-state index is 2.74. The molecule has 0 spiro atoms. The van der Waals surface area contributed by atoms with Crippen LogP contribution in [0.25, 0.3) is 0 Å². The van der Waals surface area contributed by atoms with Crippen LogP contribution in [0.3, 0.4) is 0 Å². The van der Waals surface area contributed by atoms with Gasteiger partial charge < -0.3 is 0 Å². The van der Waals surface area contributed by atoms with Gasteiger partial charge in [-0.15, -0.1) is 0 Å². The summed E-state index contributed by atoms with van der Waals surface area (Å²) in [5.74, 6) is 7.73. The molecule has 160 valence electrons. The maximum atomic E-state index is 2.74. The Labute approximate surface area is 176 Å². The predicted molar refractivity (Wildman–Crippen MR) is 122 cm³/mol. The molecule has 0 nitrogen and oxygen atoms in total. The van der Waals surface area contributed by atoms with Gasteiger partial charge in [-0.05, 0) is 110 Å². The van der Waals surface area contributed by atoms with E-state index in [1.807, 2.05) is 0 Å². The minimum Gasteiger partial charge on any atom is -0.0882 e. The Morgan fingerprint density at radius 1 is 0.821 bits per heavy atom. The van der Waals surface area contributed by atoms with Crippen LogP contribution in [-0.4, -0.2) is 0 Å². The molecule has 0 aromatic carbocycles. The lowest BCUT2D eigenvalue weighted by Gasteiger charge is -2.60. The third-order valence-corrected chi connectivity index (χ3v) is 11.2. The van der Waals surface area contributed by atoms with Crippen LogP contribution in [0.2, 0.25) is 0 Å². The van der Waals surface area contributed by atoms with Gasteiger partial charge in [0, 0.05) is 0 Å². The normalized spacial score (nSPS) is 47.3. The van der Waals surface area contributed by atoms with E-state index >= 15 is 0 Å². The van der Waals surface area contributed by atoms with Gasteiger partial charge in [0.1, 0.15) is 0 Å². The van der Waals surface area contributed by atoms with Crippen molar-refractivity contribution in [2.45, 2.75) is 106 Å². The van der Waals surface area contributed by atoms with E-state index in [1.54, 1.807) is 12.8 Å². The topological polar surface area (TPSA) is 0 Å². The maximum Gasteiger partial charge on any atom is -0.0229 e. The Morgan fingerprint density at radius 3 is 2.32 bits per heavy atom. The molecule has 2 unspecified atom stereocenters. The highest BCUT2D eigenvalue weighted by molar-refractivity contribution is 5.12. The van der Waals surface area contributed by atoms with Gasteiger partial charge in [-0.25, -0.2) is 0 Å². The van der Waals surface area contributed by atoms with Crippen molar-refractivity contribution in [3.8, 4) is 0 Å². The lowest BCUT2D eigenvalue weighted by atomic mass is 9.45. The quantitative estimate of drug-likeness (QED) is 0.417. The Balaban J connectivity index is 1.47. The first kappa shape index (κ1) is 21.0. The summed E-state index contributed by atoms with van der Waals surface area (Å²) in [5, 5.41) is 0. The van der Waals surface area contributed by atoms with E-state index in [9.17, 15) is 0 Å². The smallest absolute Gasteiger partial charge is 0.0229 e. The van der Waals surface area contributed by atoms with Crippen molar-refractivity contribution in [3.63, 3.8) is 0 Å². The second kappa shape index (κ2) is 7.77. The van der Waals surface area contributed by atoms with Crippen molar-refractivity contribution in [2.75, 3.05) is 0 Å². The van der Waals surface area contributed by atoms with Gasteiger partial charge in [-0.2, -0.15) is 0 Å². The molecule has 3 fully saturated rings. The van der Waals surface area contributed by atoms with Gasteiger partial charge in [0.2, 0.25) is 0 Å². The van der Waals surface area contributed by atoms with Crippen LogP contribution >= 0.6 is 0 Å². The molecule has 0 aliphatic heterocycles. The zero-order valence-corrected chi connectivity index (χ0v) is 19.8. The molecule has 28 heavy (non-hydrogen) atoms. The van der Waals surface area contributed by atoms with Gasteiger partial charge in [-0.1, -0.05) is 66.5 Å². The van der Waals surface area contributed by atoms with Crippen LogP contribution in [0.15, 0.2) is 12.2 Å². The summed E-state index contributed by atoms with van der Waals surface area (Å²) < 4.78 is 0. The largest absolute Gasteiger partial charge is 0.0882 e. The van der Waals surface area contributed by atoms with Gasteiger partial charge in [0.15, 0.2) is 0 Å². The summed E-state index contributed by atoms with van der Waals surface area (Å²) in [4.78, 5) is 0. The molecule has 0 bridgehead atoms. The zero-order valence-electron chi connectivity index (χ0n) is 19.8. The molecule has 0 aromatic rings. The monoisotopic (exact) mass is 384 g/mol. The minimum atomic E-state index is 0.620. The average Bonchev–Trinajstić information content (AvgIpc) is 3.02. The van der Waals surface area contributed by atoms with Crippen LogP contribution in [0.1, 0.15) is 106 Å². The van der Waals surface area contributed by atoms with Crippen molar-refractivity contribution in [1.29, 1.82) is 0 Å². The summed E-state index contributed by atoms with van der Waals surface area (Å²) in [6.45, 7) is 15.3. The molecular weight excluding hydrogens is 336 g/mol. The Bertz CT molecular complexity index is 573. The number of hydrogen-bond donors (Lipinski definition) is 0. The number of fused-ring (bicyclic) bond motifs is 5. The molecule has 0 amide bonds. The first-order valence-corrected chi connectivity index (χ1v) is 12.9. The number of hydrogen-bond acceptors (Lipinski definition) is 0. The Hall–Kier alpha value is -0.260.